The molecule has 0 bridgehead atoms. The van der Waals surface area contributed by atoms with Crippen LogP contribution in [0, 0.1) is 11.7 Å². The molecular formula is C13H19FN2. The second-order valence-electron chi connectivity index (χ2n) is 4.76. The van der Waals surface area contributed by atoms with Crippen LogP contribution in [0.4, 0.5) is 15.8 Å². The average Bonchev–Trinajstić information content (AvgIpc) is 2.26. The molecule has 0 amide bonds. The molecule has 1 aliphatic heterocycles. The number of benzene rings is 1. The minimum absolute atomic E-state index is 0.213. The van der Waals surface area contributed by atoms with Gasteiger partial charge >= 0.3 is 0 Å². The minimum Gasteiger partial charge on any atom is -0.397 e. The van der Waals surface area contributed by atoms with E-state index in [1.54, 1.807) is 12.1 Å². The molecule has 0 aromatic heterocycles. The number of rotatable bonds is 1. The first-order valence-corrected chi connectivity index (χ1v) is 5.91. The summed E-state index contributed by atoms with van der Waals surface area (Å²) >= 11 is 0. The molecule has 1 saturated heterocycles. The first-order valence-electron chi connectivity index (χ1n) is 5.91. The summed E-state index contributed by atoms with van der Waals surface area (Å²) in [5, 5.41) is 0. The molecule has 0 spiro atoms. The van der Waals surface area contributed by atoms with Gasteiger partial charge in [-0.15, -0.1) is 0 Å². The van der Waals surface area contributed by atoms with Crippen molar-refractivity contribution in [2.24, 2.45) is 5.92 Å². The van der Waals surface area contributed by atoms with E-state index < -0.39 is 0 Å². The van der Waals surface area contributed by atoms with Gasteiger partial charge in [-0.2, -0.15) is 0 Å². The lowest BCUT2D eigenvalue weighted by Crippen LogP contribution is -2.42. The highest BCUT2D eigenvalue weighted by atomic mass is 19.1. The summed E-state index contributed by atoms with van der Waals surface area (Å²) in [6.45, 7) is 5.40. The number of anilines is 2. The third-order valence-corrected chi connectivity index (χ3v) is 3.68. The van der Waals surface area contributed by atoms with E-state index in [0.29, 0.717) is 17.6 Å². The van der Waals surface area contributed by atoms with E-state index in [4.69, 9.17) is 5.73 Å². The molecule has 3 heteroatoms. The van der Waals surface area contributed by atoms with E-state index in [-0.39, 0.29) is 5.82 Å². The molecule has 1 aromatic rings. The minimum atomic E-state index is -0.213. The summed E-state index contributed by atoms with van der Waals surface area (Å²) in [6.07, 6.45) is 2.40. The SMILES string of the molecule is CC1CCCN(c2cc(F)ccc2N)C1C. The molecule has 2 nitrogen and oxygen atoms in total. The van der Waals surface area contributed by atoms with Gasteiger partial charge in [0.25, 0.3) is 0 Å². The van der Waals surface area contributed by atoms with Crippen molar-refractivity contribution in [2.45, 2.75) is 32.7 Å². The summed E-state index contributed by atoms with van der Waals surface area (Å²) in [7, 11) is 0. The third-order valence-electron chi connectivity index (χ3n) is 3.68. The predicted octanol–water partition coefficient (Wildman–Crippen LogP) is 3.03. The maximum atomic E-state index is 13.2. The van der Waals surface area contributed by atoms with Crippen LogP contribution in [0.2, 0.25) is 0 Å². The number of nitrogen functional groups attached to an aromatic ring is 1. The van der Waals surface area contributed by atoms with Gasteiger partial charge in [0.2, 0.25) is 0 Å². The lowest BCUT2D eigenvalue weighted by Gasteiger charge is -2.40. The Bertz CT molecular complexity index is 378. The van der Waals surface area contributed by atoms with Gasteiger partial charge < -0.3 is 10.6 Å². The molecule has 2 unspecified atom stereocenters. The normalized spacial score (nSPS) is 25.8. The Kier molecular flexibility index (Phi) is 3.03. The number of halogens is 1. The number of hydrogen-bond donors (Lipinski definition) is 1. The van der Waals surface area contributed by atoms with Crippen molar-refractivity contribution in [3.63, 3.8) is 0 Å². The molecular weight excluding hydrogens is 203 g/mol. The van der Waals surface area contributed by atoms with Gasteiger partial charge in [-0.3, -0.25) is 0 Å². The maximum Gasteiger partial charge on any atom is 0.125 e. The van der Waals surface area contributed by atoms with Gasteiger partial charge in [0.1, 0.15) is 5.82 Å². The third kappa shape index (κ3) is 1.99. The van der Waals surface area contributed by atoms with Gasteiger partial charge in [0, 0.05) is 12.6 Å². The van der Waals surface area contributed by atoms with Crippen LogP contribution in [0.1, 0.15) is 26.7 Å². The molecule has 0 saturated carbocycles. The molecule has 2 rings (SSSR count). The van der Waals surface area contributed by atoms with Crippen molar-refractivity contribution in [2.75, 3.05) is 17.2 Å². The number of piperidine rings is 1. The van der Waals surface area contributed by atoms with E-state index in [9.17, 15) is 4.39 Å². The summed E-state index contributed by atoms with van der Waals surface area (Å²) in [4.78, 5) is 2.23. The lowest BCUT2D eigenvalue weighted by atomic mass is 9.91. The number of hydrogen-bond acceptors (Lipinski definition) is 2. The highest BCUT2D eigenvalue weighted by Gasteiger charge is 2.26. The van der Waals surface area contributed by atoms with Gasteiger partial charge in [-0.25, -0.2) is 4.39 Å². The fourth-order valence-electron chi connectivity index (χ4n) is 2.44. The van der Waals surface area contributed by atoms with Gasteiger partial charge in [0.15, 0.2) is 0 Å². The quantitative estimate of drug-likeness (QED) is 0.740. The number of nitrogens with two attached hydrogens (primary N) is 1. The monoisotopic (exact) mass is 222 g/mol. The molecule has 2 atom stereocenters. The van der Waals surface area contributed by atoms with Crippen LogP contribution in [0.3, 0.4) is 0 Å². The summed E-state index contributed by atoms with van der Waals surface area (Å²) in [6, 6.07) is 5.04. The predicted molar refractivity (Wildman–Crippen MR) is 66.0 cm³/mol. The fraction of sp³-hybridized carbons (Fsp3) is 0.538. The molecule has 1 heterocycles. The van der Waals surface area contributed by atoms with Crippen molar-refractivity contribution in [1.29, 1.82) is 0 Å². The smallest absolute Gasteiger partial charge is 0.125 e. The second-order valence-corrected chi connectivity index (χ2v) is 4.76. The van der Waals surface area contributed by atoms with Crippen molar-refractivity contribution in [1.82, 2.24) is 0 Å². The van der Waals surface area contributed by atoms with E-state index in [1.165, 1.54) is 12.5 Å². The topological polar surface area (TPSA) is 29.3 Å². The van der Waals surface area contributed by atoms with Crippen molar-refractivity contribution in [3.05, 3.63) is 24.0 Å². The summed E-state index contributed by atoms with van der Waals surface area (Å²) in [5.41, 5.74) is 7.43. The van der Waals surface area contributed by atoms with E-state index in [2.05, 4.69) is 18.7 Å². The van der Waals surface area contributed by atoms with E-state index in [0.717, 1.165) is 18.7 Å². The van der Waals surface area contributed by atoms with Crippen molar-refractivity contribution in [3.8, 4) is 0 Å². The molecule has 1 aromatic carbocycles. The fourth-order valence-corrected chi connectivity index (χ4v) is 2.44. The Labute approximate surface area is 96.2 Å². The zero-order valence-electron chi connectivity index (χ0n) is 9.91. The largest absolute Gasteiger partial charge is 0.397 e. The molecule has 0 radical (unpaired) electrons. The Hall–Kier alpha value is -1.25. The highest BCUT2D eigenvalue weighted by molar-refractivity contribution is 5.68. The van der Waals surface area contributed by atoms with Gasteiger partial charge in [0.05, 0.1) is 11.4 Å². The van der Waals surface area contributed by atoms with Crippen LogP contribution in [-0.4, -0.2) is 12.6 Å². The van der Waals surface area contributed by atoms with Crippen molar-refractivity contribution >= 4 is 11.4 Å². The lowest BCUT2D eigenvalue weighted by molar-refractivity contribution is 0.363. The standard InChI is InChI=1S/C13H19FN2/c1-9-4-3-7-16(10(9)2)13-8-11(14)5-6-12(13)15/h5-6,8-10H,3-4,7,15H2,1-2H3. The number of nitrogens with zero attached hydrogens (tertiary/aromatic N) is 1. The molecule has 16 heavy (non-hydrogen) atoms. The van der Waals surface area contributed by atoms with Crippen LogP contribution < -0.4 is 10.6 Å². The molecule has 0 aliphatic carbocycles. The summed E-state index contributed by atoms with van der Waals surface area (Å²) < 4.78 is 13.2. The van der Waals surface area contributed by atoms with Crippen molar-refractivity contribution < 1.29 is 4.39 Å². The summed E-state index contributed by atoms with van der Waals surface area (Å²) in [5.74, 6) is 0.422. The Morgan fingerprint density at radius 2 is 2.12 bits per heavy atom. The van der Waals surface area contributed by atoms with Crippen LogP contribution >= 0.6 is 0 Å². The zero-order valence-corrected chi connectivity index (χ0v) is 9.91. The van der Waals surface area contributed by atoms with E-state index in [1.807, 2.05) is 0 Å². The van der Waals surface area contributed by atoms with Crippen LogP contribution in [0.15, 0.2) is 18.2 Å². The van der Waals surface area contributed by atoms with Gasteiger partial charge in [-0.05, 0) is 43.9 Å². The van der Waals surface area contributed by atoms with Crippen LogP contribution in [0.25, 0.3) is 0 Å². The van der Waals surface area contributed by atoms with E-state index >= 15 is 0 Å². The Balaban J connectivity index is 2.31. The molecule has 88 valence electrons. The Morgan fingerprint density at radius 1 is 1.38 bits per heavy atom. The average molecular weight is 222 g/mol. The van der Waals surface area contributed by atoms with Crippen LogP contribution in [0.5, 0.6) is 0 Å². The second kappa shape index (κ2) is 4.32. The highest BCUT2D eigenvalue weighted by Crippen LogP contribution is 2.32. The maximum absolute atomic E-state index is 13.2. The Morgan fingerprint density at radius 3 is 2.88 bits per heavy atom. The first kappa shape index (κ1) is 11.2. The van der Waals surface area contributed by atoms with Gasteiger partial charge in [-0.1, -0.05) is 6.92 Å². The molecule has 1 aliphatic rings. The molecule has 2 N–H and O–H groups in total. The molecule has 1 fully saturated rings. The zero-order chi connectivity index (χ0) is 11.7. The van der Waals surface area contributed by atoms with Crippen LogP contribution in [-0.2, 0) is 0 Å². The first-order chi connectivity index (χ1) is 7.59.